The minimum absolute atomic E-state index is 0.0701. The van der Waals surface area contributed by atoms with Crippen LogP contribution in [0.3, 0.4) is 0 Å². The van der Waals surface area contributed by atoms with Gasteiger partial charge in [0, 0.05) is 6.54 Å². The third kappa shape index (κ3) is 3.35. The molecule has 1 saturated carbocycles. The van der Waals surface area contributed by atoms with Crippen molar-refractivity contribution in [3.05, 3.63) is 11.9 Å². The second-order valence-corrected chi connectivity index (χ2v) is 7.40. The summed E-state index contributed by atoms with van der Waals surface area (Å²) in [6, 6.07) is 0. The first kappa shape index (κ1) is 17.0. The van der Waals surface area contributed by atoms with Crippen molar-refractivity contribution in [3.63, 3.8) is 0 Å². The largest absolute Gasteiger partial charge is 0.380 e. The highest BCUT2D eigenvalue weighted by molar-refractivity contribution is 5.97. The van der Waals surface area contributed by atoms with E-state index in [1.54, 1.807) is 13.1 Å². The standard InChI is InChI=1S/C17H29N3O2/c1-11(2)10-20-15(12(3)4)14(9-18-20)19-16(21)17(5,22)13-7-6-8-13/h9,11-13,22H,6-8,10H2,1-5H3,(H,19,21). The maximum atomic E-state index is 12.5. The van der Waals surface area contributed by atoms with Crippen LogP contribution in [0.4, 0.5) is 5.69 Å². The van der Waals surface area contributed by atoms with Crippen molar-refractivity contribution in [2.24, 2.45) is 11.8 Å². The molecule has 22 heavy (non-hydrogen) atoms. The minimum Gasteiger partial charge on any atom is -0.380 e. The van der Waals surface area contributed by atoms with Crippen LogP contribution in [0.25, 0.3) is 0 Å². The summed E-state index contributed by atoms with van der Waals surface area (Å²) >= 11 is 0. The Morgan fingerprint density at radius 1 is 1.45 bits per heavy atom. The van der Waals surface area contributed by atoms with Crippen molar-refractivity contribution >= 4 is 11.6 Å². The summed E-state index contributed by atoms with van der Waals surface area (Å²) in [5.74, 6) is 0.494. The summed E-state index contributed by atoms with van der Waals surface area (Å²) in [5, 5.41) is 17.8. The molecule has 5 nitrogen and oxygen atoms in total. The molecule has 0 aromatic carbocycles. The van der Waals surface area contributed by atoms with Crippen LogP contribution < -0.4 is 5.32 Å². The van der Waals surface area contributed by atoms with Gasteiger partial charge in [0.1, 0.15) is 5.60 Å². The highest BCUT2D eigenvalue weighted by atomic mass is 16.3. The molecule has 0 saturated heterocycles. The molecule has 5 heteroatoms. The molecule has 1 aliphatic carbocycles. The molecule has 1 aromatic rings. The Hall–Kier alpha value is -1.36. The van der Waals surface area contributed by atoms with Crippen LogP contribution in [-0.4, -0.2) is 26.4 Å². The summed E-state index contributed by atoms with van der Waals surface area (Å²) < 4.78 is 1.96. The predicted octanol–water partition coefficient (Wildman–Crippen LogP) is 3.15. The average molecular weight is 307 g/mol. The molecule has 2 N–H and O–H groups in total. The van der Waals surface area contributed by atoms with Crippen LogP contribution in [0.2, 0.25) is 0 Å². The first-order valence-corrected chi connectivity index (χ1v) is 8.33. The molecule has 124 valence electrons. The van der Waals surface area contributed by atoms with Crippen LogP contribution >= 0.6 is 0 Å². The Morgan fingerprint density at radius 2 is 2.09 bits per heavy atom. The third-order valence-electron chi connectivity index (χ3n) is 4.57. The molecule has 1 heterocycles. The van der Waals surface area contributed by atoms with Gasteiger partial charge >= 0.3 is 0 Å². The van der Waals surface area contributed by atoms with E-state index in [1.165, 1.54) is 0 Å². The van der Waals surface area contributed by atoms with Crippen LogP contribution in [0, 0.1) is 11.8 Å². The van der Waals surface area contributed by atoms with Gasteiger partial charge in [0.25, 0.3) is 5.91 Å². The number of carbonyl (C=O) groups is 1. The third-order valence-corrected chi connectivity index (χ3v) is 4.57. The Morgan fingerprint density at radius 3 is 2.55 bits per heavy atom. The fourth-order valence-corrected chi connectivity index (χ4v) is 3.00. The number of hydrogen-bond acceptors (Lipinski definition) is 3. The van der Waals surface area contributed by atoms with E-state index in [1.807, 2.05) is 4.68 Å². The normalized spacial score (nSPS) is 18.4. The molecule has 1 amide bonds. The lowest BCUT2D eigenvalue weighted by Crippen LogP contribution is -2.49. The zero-order valence-corrected chi connectivity index (χ0v) is 14.4. The number of nitrogens with zero attached hydrogens (tertiary/aromatic N) is 2. The number of aliphatic hydroxyl groups is 1. The number of anilines is 1. The van der Waals surface area contributed by atoms with E-state index in [2.05, 4.69) is 38.1 Å². The number of nitrogens with one attached hydrogen (secondary N) is 1. The van der Waals surface area contributed by atoms with Gasteiger partial charge in [-0.1, -0.05) is 34.1 Å². The first-order valence-electron chi connectivity index (χ1n) is 8.33. The van der Waals surface area contributed by atoms with Crippen LogP contribution in [0.5, 0.6) is 0 Å². The van der Waals surface area contributed by atoms with E-state index in [0.29, 0.717) is 5.92 Å². The monoisotopic (exact) mass is 307 g/mol. The molecule has 1 atom stereocenters. The van der Waals surface area contributed by atoms with Gasteiger partial charge in [0.05, 0.1) is 17.6 Å². The van der Waals surface area contributed by atoms with Gasteiger partial charge in [-0.25, -0.2) is 0 Å². The molecule has 1 aromatic heterocycles. The quantitative estimate of drug-likeness (QED) is 0.848. The van der Waals surface area contributed by atoms with Gasteiger partial charge in [-0.3, -0.25) is 9.48 Å². The van der Waals surface area contributed by atoms with E-state index in [4.69, 9.17) is 0 Å². The van der Waals surface area contributed by atoms with Crippen molar-refractivity contribution in [3.8, 4) is 0 Å². The first-order chi connectivity index (χ1) is 10.2. The predicted molar refractivity (Wildman–Crippen MR) is 87.7 cm³/mol. The van der Waals surface area contributed by atoms with Crippen molar-refractivity contribution in [2.75, 3.05) is 5.32 Å². The molecule has 0 aliphatic heterocycles. The van der Waals surface area contributed by atoms with Gasteiger partial charge < -0.3 is 10.4 Å². The zero-order chi connectivity index (χ0) is 16.5. The summed E-state index contributed by atoms with van der Waals surface area (Å²) in [4.78, 5) is 12.5. The second kappa shape index (κ2) is 6.41. The maximum Gasteiger partial charge on any atom is 0.256 e. The average Bonchev–Trinajstić information content (AvgIpc) is 2.67. The number of hydrogen-bond donors (Lipinski definition) is 2. The number of amides is 1. The molecule has 0 radical (unpaired) electrons. The summed E-state index contributed by atoms with van der Waals surface area (Å²) in [6.45, 7) is 10.9. The summed E-state index contributed by atoms with van der Waals surface area (Å²) in [5.41, 5.74) is 0.443. The van der Waals surface area contributed by atoms with Gasteiger partial charge in [-0.2, -0.15) is 5.10 Å². The Bertz CT molecular complexity index is 528. The topological polar surface area (TPSA) is 67.2 Å². The number of rotatable bonds is 6. The van der Waals surface area contributed by atoms with E-state index in [0.717, 1.165) is 37.2 Å². The molecular formula is C17H29N3O2. The van der Waals surface area contributed by atoms with E-state index >= 15 is 0 Å². The number of aromatic nitrogens is 2. The fourth-order valence-electron chi connectivity index (χ4n) is 3.00. The Kier molecular flexibility index (Phi) is 4.95. The van der Waals surface area contributed by atoms with E-state index < -0.39 is 5.60 Å². The lowest BCUT2D eigenvalue weighted by molar-refractivity contribution is -0.141. The molecule has 1 fully saturated rings. The van der Waals surface area contributed by atoms with E-state index in [9.17, 15) is 9.90 Å². The lowest BCUT2D eigenvalue weighted by atomic mass is 9.73. The Labute approximate surface area is 133 Å². The Balaban J connectivity index is 2.18. The molecule has 1 unspecified atom stereocenters. The summed E-state index contributed by atoms with van der Waals surface area (Å²) in [7, 11) is 0. The molecule has 0 spiro atoms. The molecular weight excluding hydrogens is 278 g/mol. The van der Waals surface area contributed by atoms with E-state index in [-0.39, 0.29) is 17.7 Å². The lowest BCUT2D eigenvalue weighted by Gasteiger charge is -2.37. The van der Waals surface area contributed by atoms with Gasteiger partial charge in [0.15, 0.2) is 0 Å². The van der Waals surface area contributed by atoms with Gasteiger partial charge in [-0.05, 0) is 37.5 Å². The van der Waals surface area contributed by atoms with Crippen molar-refractivity contribution in [1.29, 1.82) is 0 Å². The van der Waals surface area contributed by atoms with Gasteiger partial charge in [0.2, 0.25) is 0 Å². The van der Waals surface area contributed by atoms with Crippen molar-refractivity contribution < 1.29 is 9.90 Å². The second-order valence-electron chi connectivity index (χ2n) is 7.40. The fraction of sp³-hybridized carbons (Fsp3) is 0.765. The van der Waals surface area contributed by atoms with Crippen LogP contribution in [-0.2, 0) is 11.3 Å². The highest BCUT2D eigenvalue weighted by Crippen LogP contribution is 2.37. The van der Waals surface area contributed by atoms with Crippen LogP contribution in [0.1, 0.15) is 65.5 Å². The smallest absolute Gasteiger partial charge is 0.256 e. The molecule has 2 rings (SSSR count). The molecule has 1 aliphatic rings. The van der Waals surface area contributed by atoms with Gasteiger partial charge in [-0.15, -0.1) is 0 Å². The zero-order valence-electron chi connectivity index (χ0n) is 14.4. The minimum atomic E-state index is -1.30. The molecule has 0 bridgehead atoms. The van der Waals surface area contributed by atoms with Crippen molar-refractivity contribution in [1.82, 2.24) is 9.78 Å². The number of carbonyl (C=O) groups excluding carboxylic acids is 1. The SMILES string of the molecule is CC(C)Cn1ncc(NC(=O)C(C)(O)C2CCC2)c1C(C)C. The summed E-state index contributed by atoms with van der Waals surface area (Å²) in [6.07, 6.45) is 4.64. The van der Waals surface area contributed by atoms with Crippen LogP contribution in [0.15, 0.2) is 6.20 Å². The highest BCUT2D eigenvalue weighted by Gasteiger charge is 2.42. The maximum absolute atomic E-state index is 12.5. The van der Waals surface area contributed by atoms with Crippen molar-refractivity contribution in [2.45, 2.75) is 71.9 Å².